The normalized spacial score (nSPS) is 23.0. The maximum Gasteiger partial charge on any atom is 0.292 e. The van der Waals surface area contributed by atoms with Crippen molar-refractivity contribution in [3.8, 4) is 0 Å². The molecule has 0 bridgehead atoms. The van der Waals surface area contributed by atoms with Crippen molar-refractivity contribution < 1.29 is 9.72 Å². The highest BCUT2D eigenvalue weighted by Crippen LogP contribution is 2.41. The zero-order valence-electron chi connectivity index (χ0n) is 15.7. The van der Waals surface area contributed by atoms with Crippen molar-refractivity contribution in [2.75, 3.05) is 18.4 Å². The van der Waals surface area contributed by atoms with Crippen LogP contribution >= 0.6 is 0 Å². The van der Waals surface area contributed by atoms with Gasteiger partial charge in [0.25, 0.3) is 5.69 Å². The number of nitro benzene ring substituents is 1. The summed E-state index contributed by atoms with van der Waals surface area (Å²) >= 11 is 0. The number of likely N-dealkylation sites (tertiary alicyclic amines) is 1. The summed E-state index contributed by atoms with van der Waals surface area (Å²) in [6.45, 7) is 7.29. The monoisotopic (exact) mass is 367 g/mol. The van der Waals surface area contributed by atoms with Crippen LogP contribution in [-0.4, -0.2) is 29.3 Å². The Balaban J connectivity index is 1.79. The molecule has 0 spiro atoms. The molecule has 3 rings (SSSR count). The number of benzene rings is 2. The molecule has 27 heavy (non-hydrogen) atoms. The molecule has 0 aromatic heterocycles. The first-order chi connectivity index (χ1) is 12.9. The number of hydrogen-bond acceptors (Lipinski definition) is 4. The van der Waals surface area contributed by atoms with Crippen LogP contribution in [0.25, 0.3) is 0 Å². The number of rotatable bonds is 6. The summed E-state index contributed by atoms with van der Waals surface area (Å²) in [5.41, 5.74) is 2.42. The fourth-order valence-electron chi connectivity index (χ4n) is 3.96. The van der Waals surface area contributed by atoms with Crippen molar-refractivity contribution in [1.82, 2.24) is 4.90 Å². The molecule has 0 unspecified atom stereocenters. The Morgan fingerprint density at radius 2 is 2.04 bits per heavy atom. The van der Waals surface area contributed by atoms with Gasteiger partial charge in [-0.2, -0.15) is 0 Å². The second kappa shape index (κ2) is 7.88. The van der Waals surface area contributed by atoms with Gasteiger partial charge in [-0.05, 0) is 41.5 Å². The standard InChI is InChI=1S/C21H25N3O3/c1-16-13-23(14-17-6-4-3-5-7-17)11-10-21(16,2)18-8-9-20(24(26)27)19(12-18)22-15-25/h3-9,12,15-16H,10-11,13-14H2,1-2H3,(H,22,25)/t16-,21-/m0/s1. The van der Waals surface area contributed by atoms with Gasteiger partial charge in [0.1, 0.15) is 5.69 Å². The van der Waals surface area contributed by atoms with Crippen LogP contribution in [0.3, 0.4) is 0 Å². The van der Waals surface area contributed by atoms with E-state index in [9.17, 15) is 14.9 Å². The number of anilines is 1. The van der Waals surface area contributed by atoms with Gasteiger partial charge in [-0.25, -0.2) is 0 Å². The lowest BCUT2D eigenvalue weighted by Crippen LogP contribution is -2.46. The van der Waals surface area contributed by atoms with Crippen LogP contribution < -0.4 is 5.32 Å². The summed E-state index contributed by atoms with van der Waals surface area (Å²) in [7, 11) is 0. The zero-order chi connectivity index (χ0) is 19.4. The van der Waals surface area contributed by atoms with E-state index in [0.29, 0.717) is 12.3 Å². The summed E-state index contributed by atoms with van der Waals surface area (Å²) in [4.78, 5) is 24.0. The topological polar surface area (TPSA) is 75.5 Å². The molecule has 142 valence electrons. The molecule has 0 saturated carbocycles. The van der Waals surface area contributed by atoms with E-state index in [1.165, 1.54) is 11.6 Å². The number of hydrogen-bond donors (Lipinski definition) is 1. The van der Waals surface area contributed by atoms with Crippen molar-refractivity contribution in [1.29, 1.82) is 0 Å². The van der Waals surface area contributed by atoms with Crippen molar-refractivity contribution in [2.24, 2.45) is 5.92 Å². The molecule has 6 nitrogen and oxygen atoms in total. The molecule has 1 heterocycles. The van der Waals surface area contributed by atoms with Gasteiger partial charge in [0.05, 0.1) is 4.92 Å². The highest BCUT2D eigenvalue weighted by atomic mass is 16.6. The van der Waals surface area contributed by atoms with Crippen LogP contribution in [0.15, 0.2) is 48.5 Å². The quantitative estimate of drug-likeness (QED) is 0.476. The van der Waals surface area contributed by atoms with Crippen LogP contribution in [0.5, 0.6) is 0 Å². The Morgan fingerprint density at radius 3 is 2.67 bits per heavy atom. The summed E-state index contributed by atoms with van der Waals surface area (Å²) in [5.74, 6) is 0.375. The molecule has 1 aliphatic heterocycles. The maximum atomic E-state index is 11.2. The second-order valence-corrected chi connectivity index (χ2v) is 7.54. The molecule has 1 amide bonds. The minimum absolute atomic E-state index is 0.0800. The second-order valence-electron chi connectivity index (χ2n) is 7.54. The Bertz CT molecular complexity index is 825. The van der Waals surface area contributed by atoms with Gasteiger partial charge in [0, 0.05) is 19.2 Å². The largest absolute Gasteiger partial charge is 0.323 e. The molecule has 1 saturated heterocycles. The molecule has 2 atom stereocenters. The molecule has 6 heteroatoms. The number of nitrogens with one attached hydrogen (secondary N) is 1. The smallest absolute Gasteiger partial charge is 0.292 e. The lowest BCUT2D eigenvalue weighted by molar-refractivity contribution is -0.383. The first kappa shape index (κ1) is 19.0. The number of nitrogens with zero attached hydrogens (tertiary/aromatic N) is 2. The van der Waals surface area contributed by atoms with Crippen LogP contribution in [0.4, 0.5) is 11.4 Å². The third kappa shape index (κ3) is 4.01. The highest BCUT2D eigenvalue weighted by Gasteiger charge is 2.38. The minimum atomic E-state index is -0.468. The lowest BCUT2D eigenvalue weighted by atomic mass is 9.68. The zero-order valence-corrected chi connectivity index (χ0v) is 15.7. The number of amides is 1. The van der Waals surface area contributed by atoms with E-state index < -0.39 is 4.92 Å². The lowest BCUT2D eigenvalue weighted by Gasteiger charge is -2.45. The SMILES string of the molecule is C[C@H]1CN(Cc2ccccc2)CC[C@]1(C)c1ccc([N+](=O)[O-])c(NC=O)c1. The summed E-state index contributed by atoms with van der Waals surface area (Å²) in [6.07, 6.45) is 1.44. The minimum Gasteiger partial charge on any atom is -0.323 e. The highest BCUT2D eigenvalue weighted by molar-refractivity contribution is 5.78. The first-order valence-electron chi connectivity index (χ1n) is 9.19. The van der Waals surface area contributed by atoms with Gasteiger partial charge in [-0.15, -0.1) is 0 Å². The van der Waals surface area contributed by atoms with Gasteiger partial charge in [0.2, 0.25) is 6.41 Å². The van der Waals surface area contributed by atoms with Crippen LogP contribution in [0.2, 0.25) is 0 Å². The summed E-state index contributed by atoms with van der Waals surface area (Å²) in [5, 5.41) is 13.7. The Hall–Kier alpha value is -2.73. The summed E-state index contributed by atoms with van der Waals surface area (Å²) in [6, 6.07) is 15.5. The van der Waals surface area contributed by atoms with Crippen molar-refractivity contribution in [3.05, 3.63) is 69.8 Å². The van der Waals surface area contributed by atoms with Crippen molar-refractivity contribution in [2.45, 2.75) is 32.2 Å². The third-order valence-electron chi connectivity index (χ3n) is 5.88. The van der Waals surface area contributed by atoms with E-state index in [1.54, 1.807) is 6.07 Å². The molecule has 1 N–H and O–H groups in total. The average molecular weight is 367 g/mol. The van der Waals surface area contributed by atoms with E-state index in [0.717, 1.165) is 31.6 Å². The van der Waals surface area contributed by atoms with Gasteiger partial charge < -0.3 is 5.32 Å². The van der Waals surface area contributed by atoms with Crippen molar-refractivity contribution >= 4 is 17.8 Å². The fourth-order valence-corrected chi connectivity index (χ4v) is 3.96. The van der Waals surface area contributed by atoms with Crippen LogP contribution in [0.1, 0.15) is 31.4 Å². The van der Waals surface area contributed by atoms with E-state index in [1.807, 2.05) is 12.1 Å². The predicted molar refractivity (Wildman–Crippen MR) is 106 cm³/mol. The van der Waals surface area contributed by atoms with E-state index >= 15 is 0 Å². The van der Waals surface area contributed by atoms with Gasteiger partial charge in [-0.1, -0.05) is 50.2 Å². The molecule has 0 radical (unpaired) electrons. The summed E-state index contributed by atoms with van der Waals surface area (Å²) < 4.78 is 0. The Kier molecular flexibility index (Phi) is 5.56. The van der Waals surface area contributed by atoms with Crippen molar-refractivity contribution in [3.63, 3.8) is 0 Å². The molecular weight excluding hydrogens is 342 g/mol. The van der Waals surface area contributed by atoms with Crippen LogP contribution in [0, 0.1) is 16.0 Å². The molecule has 1 aliphatic rings. The molecule has 1 fully saturated rings. The molecule has 2 aromatic rings. The number of carbonyl (C=O) groups is 1. The number of carbonyl (C=O) groups excluding carboxylic acids is 1. The number of piperidine rings is 1. The van der Waals surface area contributed by atoms with Gasteiger partial charge in [-0.3, -0.25) is 19.8 Å². The fraction of sp³-hybridized carbons (Fsp3) is 0.381. The molecule has 0 aliphatic carbocycles. The maximum absolute atomic E-state index is 11.2. The van der Waals surface area contributed by atoms with E-state index in [2.05, 4.69) is 48.3 Å². The Labute approximate surface area is 159 Å². The predicted octanol–water partition coefficient (Wildman–Crippen LogP) is 3.96. The van der Waals surface area contributed by atoms with Gasteiger partial charge >= 0.3 is 0 Å². The van der Waals surface area contributed by atoms with E-state index in [-0.39, 0.29) is 16.8 Å². The van der Waals surface area contributed by atoms with Gasteiger partial charge in [0.15, 0.2) is 0 Å². The number of nitro groups is 1. The van der Waals surface area contributed by atoms with Crippen LogP contribution in [-0.2, 0) is 16.8 Å². The molecular formula is C21H25N3O3. The third-order valence-corrected chi connectivity index (χ3v) is 5.88. The first-order valence-corrected chi connectivity index (χ1v) is 9.19. The average Bonchev–Trinajstić information content (AvgIpc) is 2.66. The van der Waals surface area contributed by atoms with E-state index in [4.69, 9.17) is 0 Å². The molecule has 2 aromatic carbocycles. The Morgan fingerprint density at radius 1 is 1.30 bits per heavy atom.